The molecule has 3 aromatic rings. The summed E-state index contributed by atoms with van der Waals surface area (Å²) in [5.74, 6) is -2.67. The fourth-order valence-corrected chi connectivity index (χ4v) is 3.80. The first-order valence-corrected chi connectivity index (χ1v) is 10.6. The van der Waals surface area contributed by atoms with E-state index in [2.05, 4.69) is 20.4 Å². The molecule has 0 saturated heterocycles. The summed E-state index contributed by atoms with van der Waals surface area (Å²) in [6.07, 6.45) is -14.8. The van der Waals surface area contributed by atoms with Crippen LogP contribution in [0.1, 0.15) is 29.9 Å². The first kappa shape index (κ1) is 28.1. The summed E-state index contributed by atoms with van der Waals surface area (Å²) >= 11 is 12.0. The third kappa shape index (κ3) is 5.89. The monoisotopic (exact) mass is 569 g/mol. The molecule has 0 saturated carbocycles. The van der Waals surface area contributed by atoms with Gasteiger partial charge in [0.1, 0.15) is 11.5 Å². The second kappa shape index (κ2) is 10.1. The molecule has 2 heterocycles. The molecule has 17 heteroatoms. The number of methoxy groups -OCH3 is 1. The lowest BCUT2D eigenvalue weighted by Crippen LogP contribution is -2.18. The molecule has 198 valence electrons. The van der Waals surface area contributed by atoms with Gasteiger partial charge in [0, 0.05) is 20.3 Å². The van der Waals surface area contributed by atoms with Crippen molar-refractivity contribution in [2.75, 3.05) is 25.6 Å². The number of fused-ring (bicyclic) bond motifs is 1. The minimum atomic E-state index is -5.38. The molecule has 0 radical (unpaired) electrons. The highest BCUT2D eigenvalue weighted by atomic mass is 35.5. The van der Waals surface area contributed by atoms with E-state index in [-0.39, 0.29) is 6.54 Å². The number of benzene rings is 1. The average Bonchev–Trinajstić information content (AvgIpc) is 3.08. The van der Waals surface area contributed by atoms with Gasteiger partial charge in [-0.25, -0.2) is 14.6 Å². The lowest BCUT2D eigenvalue weighted by molar-refractivity contribution is -0.151. The molecule has 1 aromatic carbocycles. The number of nitrogens with one attached hydrogen (secondary N) is 1. The van der Waals surface area contributed by atoms with Crippen molar-refractivity contribution in [1.29, 1.82) is 0 Å². The number of nitrogens with zero attached hydrogens (tertiary/aromatic N) is 4. The zero-order valence-corrected chi connectivity index (χ0v) is 19.3. The van der Waals surface area contributed by atoms with Gasteiger partial charge in [-0.2, -0.15) is 39.5 Å². The summed E-state index contributed by atoms with van der Waals surface area (Å²) in [5, 5.41) is 3.99. The molecule has 6 nitrogen and oxygen atoms in total. The van der Waals surface area contributed by atoms with Crippen LogP contribution in [0.4, 0.5) is 45.3 Å². The van der Waals surface area contributed by atoms with Gasteiger partial charge in [0.05, 0.1) is 21.0 Å². The quantitative estimate of drug-likeness (QED) is 0.245. The maximum atomic E-state index is 13.8. The molecule has 0 unspecified atom stereocenters. The molecule has 0 bridgehead atoms. The molecule has 1 N–H and O–H groups in total. The molecule has 2 aromatic heterocycles. The van der Waals surface area contributed by atoms with E-state index >= 15 is 0 Å². The molecule has 36 heavy (non-hydrogen) atoms. The van der Waals surface area contributed by atoms with Crippen LogP contribution in [-0.2, 0) is 23.3 Å². The van der Waals surface area contributed by atoms with Crippen LogP contribution in [0.2, 0.25) is 10.0 Å². The van der Waals surface area contributed by atoms with E-state index in [9.17, 15) is 39.5 Å². The van der Waals surface area contributed by atoms with E-state index < -0.39 is 68.2 Å². The normalized spacial score (nSPS) is 13.0. The van der Waals surface area contributed by atoms with Crippen LogP contribution in [0.5, 0.6) is 0 Å². The van der Waals surface area contributed by atoms with Gasteiger partial charge in [0.25, 0.3) is 0 Å². The second-order valence-electron chi connectivity index (χ2n) is 7.26. The summed E-state index contributed by atoms with van der Waals surface area (Å²) in [7, 11) is 1.43. The van der Waals surface area contributed by atoms with E-state index in [1.165, 1.54) is 7.11 Å². The fraction of sp³-hybridized carbons (Fsp3) is 0.421. The van der Waals surface area contributed by atoms with E-state index in [1.54, 1.807) is 0 Å². The Morgan fingerprint density at radius 1 is 0.889 bits per heavy atom. The number of unbranched alkanes of at least 4 members (excludes halogenated alkanes) is 1. The topological polar surface area (TPSA) is 64.9 Å². The molecular weight excluding hydrogens is 556 g/mol. The Kier molecular flexibility index (Phi) is 7.86. The Labute approximate surface area is 206 Å². The van der Waals surface area contributed by atoms with Crippen LogP contribution < -0.4 is 5.32 Å². The lowest BCUT2D eigenvalue weighted by Gasteiger charge is -2.16. The molecule has 0 atom stereocenters. The minimum Gasteiger partial charge on any atom is -0.385 e. The van der Waals surface area contributed by atoms with Crippen molar-refractivity contribution in [3.63, 3.8) is 0 Å². The number of aromatic nitrogens is 4. The van der Waals surface area contributed by atoms with Crippen molar-refractivity contribution in [2.45, 2.75) is 31.4 Å². The molecule has 0 spiro atoms. The number of hydrogen-bond acceptors (Lipinski definition) is 5. The number of alkyl halides is 9. The number of anilines is 1. The Hall–Kier alpha value is -2.52. The highest BCUT2D eigenvalue weighted by Gasteiger charge is 2.43. The van der Waals surface area contributed by atoms with Crippen molar-refractivity contribution in [3.05, 3.63) is 39.3 Å². The molecule has 3 rings (SSSR count). The first-order chi connectivity index (χ1) is 16.6. The largest absolute Gasteiger partial charge is 0.451 e. The van der Waals surface area contributed by atoms with E-state index in [0.717, 1.165) is 0 Å². The van der Waals surface area contributed by atoms with Gasteiger partial charge in [-0.1, -0.05) is 23.2 Å². The maximum Gasteiger partial charge on any atom is 0.451 e. The van der Waals surface area contributed by atoms with Crippen LogP contribution in [0.3, 0.4) is 0 Å². The lowest BCUT2D eigenvalue weighted by atomic mass is 10.2. The minimum absolute atomic E-state index is 0.0294. The number of rotatable bonds is 7. The predicted octanol–water partition coefficient (Wildman–Crippen LogP) is 7.02. The molecular formula is C19H14Cl2F9N5O. The van der Waals surface area contributed by atoms with Crippen molar-refractivity contribution in [3.8, 4) is 5.69 Å². The van der Waals surface area contributed by atoms with Crippen LogP contribution >= 0.6 is 23.2 Å². The van der Waals surface area contributed by atoms with Gasteiger partial charge in [-0.05, 0) is 25.0 Å². The molecule has 0 aliphatic carbocycles. The van der Waals surface area contributed by atoms with Gasteiger partial charge in [0.2, 0.25) is 5.82 Å². The van der Waals surface area contributed by atoms with Crippen LogP contribution in [0, 0.1) is 0 Å². The summed E-state index contributed by atoms with van der Waals surface area (Å²) in [6, 6.07) is 0.907. The molecule has 0 aliphatic heterocycles. The Bertz CT molecular complexity index is 1230. The van der Waals surface area contributed by atoms with Crippen LogP contribution in [0.15, 0.2) is 12.1 Å². The zero-order valence-electron chi connectivity index (χ0n) is 17.8. The van der Waals surface area contributed by atoms with Gasteiger partial charge < -0.3 is 10.1 Å². The summed E-state index contributed by atoms with van der Waals surface area (Å²) < 4.78 is 126. The van der Waals surface area contributed by atoms with E-state index in [1.807, 2.05) is 0 Å². The molecule has 0 amide bonds. The first-order valence-electron chi connectivity index (χ1n) is 9.80. The summed E-state index contributed by atoms with van der Waals surface area (Å²) in [5.41, 5.74) is -4.76. The number of hydrogen-bond donors (Lipinski definition) is 1. The summed E-state index contributed by atoms with van der Waals surface area (Å²) in [4.78, 5) is 5.78. The zero-order chi connectivity index (χ0) is 27.1. The fourth-order valence-electron chi connectivity index (χ4n) is 3.16. The SMILES string of the molecule is COCCCCNc1c2c(C(F)(F)F)nc(C(F)(F)F)nc2nn1-c1c(Cl)cc(C(F)(F)F)cc1Cl. The Morgan fingerprint density at radius 2 is 1.50 bits per heavy atom. The van der Waals surface area contributed by atoms with Gasteiger partial charge in [-0.15, -0.1) is 5.10 Å². The van der Waals surface area contributed by atoms with Crippen molar-refractivity contribution >= 4 is 40.1 Å². The predicted molar refractivity (Wildman–Crippen MR) is 111 cm³/mol. The van der Waals surface area contributed by atoms with Crippen molar-refractivity contribution in [1.82, 2.24) is 19.7 Å². The molecule has 0 aliphatic rings. The molecule has 0 fully saturated rings. The Balaban J connectivity index is 2.32. The maximum absolute atomic E-state index is 13.8. The van der Waals surface area contributed by atoms with Crippen molar-refractivity contribution in [2.24, 2.45) is 0 Å². The Morgan fingerprint density at radius 3 is 2.00 bits per heavy atom. The smallest absolute Gasteiger partial charge is 0.385 e. The second-order valence-corrected chi connectivity index (χ2v) is 8.08. The standard InChI is InChI=1S/C19H14Cl2F9N5O/c1-36-5-3-2-4-31-15-11-13(18(25,26)27)32-16(19(28,29)30)33-14(11)34-35(15)12-9(20)6-8(7-10(12)21)17(22,23)24/h6-7,31H,2-5H2,1H3. The van der Waals surface area contributed by atoms with Crippen LogP contribution in [-0.4, -0.2) is 40.0 Å². The van der Waals surface area contributed by atoms with Gasteiger partial charge in [-0.3, -0.25) is 0 Å². The average molecular weight is 570 g/mol. The number of halogens is 11. The number of ether oxygens (including phenoxy) is 1. The van der Waals surface area contributed by atoms with Gasteiger partial charge in [0.15, 0.2) is 11.3 Å². The third-order valence-electron chi connectivity index (χ3n) is 4.68. The van der Waals surface area contributed by atoms with E-state index in [4.69, 9.17) is 27.9 Å². The van der Waals surface area contributed by atoms with Crippen molar-refractivity contribution < 1.29 is 44.3 Å². The van der Waals surface area contributed by atoms with Gasteiger partial charge >= 0.3 is 18.5 Å². The summed E-state index contributed by atoms with van der Waals surface area (Å²) in [6.45, 7) is 0.280. The van der Waals surface area contributed by atoms with E-state index in [0.29, 0.717) is 36.3 Å². The highest BCUT2D eigenvalue weighted by Crippen LogP contribution is 2.43. The third-order valence-corrected chi connectivity index (χ3v) is 5.26. The van der Waals surface area contributed by atoms with Crippen LogP contribution in [0.25, 0.3) is 16.7 Å². The highest BCUT2D eigenvalue weighted by molar-refractivity contribution is 6.38.